The maximum absolute atomic E-state index is 12.3. The second kappa shape index (κ2) is 7.56. The van der Waals surface area contributed by atoms with Crippen molar-refractivity contribution in [3.63, 3.8) is 0 Å². The fourth-order valence-electron chi connectivity index (χ4n) is 2.26. The number of non-ortho nitro benzene ring substituents is 1. The highest BCUT2D eigenvalue weighted by atomic mass is 32.2. The summed E-state index contributed by atoms with van der Waals surface area (Å²) in [5.41, 5.74) is 2.78. The van der Waals surface area contributed by atoms with Gasteiger partial charge in [0.05, 0.1) is 9.83 Å². The van der Waals surface area contributed by atoms with Crippen molar-refractivity contribution in [2.45, 2.75) is 0 Å². The van der Waals surface area contributed by atoms with Crippen molar-refractivity contribution >= 4 is 51.9 Å². The van der Waals surface area contributed by atoms with Gasteiger partial charge in [-0.05, 0) is 41.6 Å². The first-order chi connectivity index (χ1) is 12.8. The Bertz CT molecular complexity index is 1010. The van der Waals surface area contributed by atoms with Gasteiger partial charge in [-0.2, -0.15) is 5.01 Å². The van der Waals surface area contributed by atoms with Crippen LogP contribution in [0.2, 0.25) is 0 Å². The van der Waals surface area contributed by atoms with Gasteiger partial charge in [-0.15, -0.1) is 0 Å². The number of amides is 2. The van der Waals surface area contributed by atoms with Gasteiger partial charge in [-0.1, -0.05) is 30.4 Å². The molecule has 2 N–H and O–H groups in total. The molecule has 1 heterocycles. The molecule has 1 saturated heterocycles. The summed E-state index contributed by atoms with van der Waals surface area (Å²) >= 11 is 6.07. The average molecular weight is 401 g/mol. The minimum Gasteiger partial charge on any atom is -0.508 e. The second-order valence-corrected chi connectivity index (χ2v) is 6.74. The lowest BCUT2D eigenvalue weighted by molar-refractivity contribution is -0.384. The number of aromatic hydroxyl groups is 1. The van der Waals surface area contributed by atoms with E-state index in [2.05, 4.69) is 5.43 Å². The molecule has 0 unspecified atom stereocenters. The fourth-order valence-corrected chi connectivity index (χ4v) is 3.42. The van der Waals surface area contributed by atoms with Crippen LogP contribution in [0, 0.1) is 10.1 Å². The van der Waals surface area contributed by atoms with Gasteiger partial charge < -0.3 is 5.11 Å². The smallest absolute Gasteiger partial charge is 0.310 e. The van der Waals surface area contributed by atoms with Crippen LogP contribution in [-0.2, 0) is 0 Å². The predicted molar refractivity (Wildman–Crippen MR) is 104 cm³/mol. The van der Waals surface area contributed by atoms with E-state index in [0.29, 0.717) is 10.5 Å². The lowest BCUT2D eigenvalue weighted by Crippen LogP contribution is -2.44. The molecule has 8 nitrogen and oxygen atoms in total. The van der Waals surface area contributed by atoms with Crippen LogP contribution in [0.4, 0.5) is 10.5 Å². The Morgan fingerprint density at radius 3 is 2.70 bits per heavy atom. The SMILES string of the molecule is O=C(NN1C(=O)SC(=Cc2cccc(O)c2)C1=S)c1cccc([N+](=O)[O-])c1. The number of hydrazine groups is 1. The molecule has 2 amide bonds. The predicted octanol–water partition coefficient (Wildman–Crippen LogP) is 3.48. The average Bonchev–Trinajstić information content (AvgIpc) is 2.89. The number of nitrogens with one attached hydrogen (secondary N) is 1. The normalized spacial score (nSPS) is 15.3. The Kier molecular flexibility index (Phi) is 5.19. The first-order valence-corrected chi connectivity index (χ1v) is 8.70. The van der Waals surface area contributed by atoms with Crippen LogP contribution in [0.25, 0.3) is 6.08 Å². The fraction of sp³-hybridized carbons (Fsp3) is 0. The van der Waals surface area contributed by atoms with Crippen molar-refractivity contribution in [3.05, 3.63) is 74.7 Å². The van der Waals surface area contributed by atoms with Gasteiger partial charge in [-0.3, -0.25) is 25.1 Å². The van der Waals surface area contributed by atoms with Crippen molar-refractivity contribution in [3.8, 4) is 5.75 Å². The summed E-state index contributed by atoms with van der Waals surface area (Å²) in [7, 11) is 0. The number of nitro groups is 1. The number of carbonyl (C=O) groups is 2. The molecule has 1 fully saturated rings. The number of hydrogen-bond donors (Lipinski definition) is 2. The molecule has 0 atom stereocenters. The number of nitro benzene ring substituents is 1. The Morgan fingerprint density at radius 2 is 2.00 bits per heavy atom. The molecule has 1 aliphatic rings. The number of thioether (sulfide) groups is 1. The maximum Gasteiger partial charge on any atom is 0.310 e. The minimum atomic E-state index is -0.700. The monoisotopic (exact) mass is 401 g/mol. The first kappa shape index (κ1) is 18.5. The maximum atomic E-state index is 12.3. The molecular weight excluding hydrogens is 390 g/mol. The molecule has 0 bridgehead atoms. The van der Waals surface area contributed by atoms with E-state index in [1.165, 1.54) is 30.3 Å². The van der Waals surface area contributed by atoms with Crippen molar-refractivity contribution < 1.29 is 19.6 Å². The second-order valence-electron chi connectivity index (χ2n) is 5.36. The van der Waals surface area contributed by atoms with Gasteiger partial charge in [0.15, 0.2) is 0 Å². The van der Waals surface area contributed by atoms with E-state index in [9.17, 15) is 24.8 Å². The van der Waals surface area contributed by atoms with E-state index in [1.54, 1.807) is 18.2 Å². The van der Waals surface area contributed by atoms with Crippen LogP contribution in [0.3, 0.4) is 0 Å². The number of hydrogen-bond acceptors (Lipinski definition) is 7. The number of phenols is 1. The third-order valence-corrected chi connectivity index (χ3v) is 4.91. The molecule has 27 heavy (non-hydrogen) atoms. The lowest BCUT2D eigenvalue weighted by atomic mass is 10.2. The number of carbonyl (C=O) groups excluding carboxylic acids is 2. The zero-order valence-electron chi connectivity index (χ0n) is 13.5. The summed E-state index contributed by atoms with van der Waals surface area (Å²) in [5, 5.41) is 20.7. The summed E-state index contributed by atoms with van der Waals surface area (Å²) in [6.07, 6.45) is 1.62. The van der Waals surface area contributed by atoms with Crippen molar-refractivity contribution in [2.24, 2.45) is 0 Å². The summed E-state index contributed by atoms with van der Waals surface area (Å²) < 4.78 is 0. The Morgan fingerprint density at radius 1 is 1.26 bits per heavy atom. The molecule has 0 aromatic heterocycles. The molecule has 1 aliphatic heterocycles. The van der Waals surface area contributed by atoms with Crippen LogP contribution < -0.4 is 5.43 Å². The topological polar surface area (TPSA) is 113 Å². The molecule has 0 spiro atoms. The van der Waals surface area contributed by atoms with E-state index in [0.717, 1.165) is 22.8 Å². The van der Waals surface area contributed by atoms with Gasteiger partial charge in [0.25, 0.3) is 11.6 Å². The van der Waals surface area contributed by atoms with Gasteiger partial charge in [0.2, 0.25) is 0 Å². The van der Waals surface area contributed by atoms with Crippen LogP contribution in [0.1, 0.15) is 15.9 Å². The summed E-state index contributed by atoms with van der Waals surface area (Å²) in [6, 6.07) is 11.5. The zero-order valence-corrected chi connectivity index (χ0v) is 15.1. The van der Waals surface area contributed by atoms with Crippen molar-refractivity contribution in [1.82, 2.24) is 10.4 Å². The number of nitrogens with zero attached hydrogens (tertiary/aromatic N) is 2. The summed E-state index contributed by atoms with van der Waals surface area (Å²) in [6.45, 7) is 0. The molecule has 0 aliphatic carbocycles. The molecule has 0 saturated carbocycles. The number of rotatable bonds is 4. The lowest BCUT2D eigenvalue weighted by Gasteiger charge is -2.15. The van der Waals surface area contributed by atoms with Crippen molar-refractivity contribution in [2.75, 3.05) is 0 Å². The van der Waals surface area contributed by atoms with Crippen LogP contribution >= 0.6 is 24.0 Å². The Labute approximate surface area is 162 Å². The third kappa shape index (κ3) is 4.13. The van der Waals surface area contributed by atoms with Crippen LogP contribution in [0.15, 0.2) is 53.4 Å². The van der Waals surface area contributed by atoms with E-state index < -0.39 is 16.1 Å². The quantitative estimate of drug-likeness (QED) is 0.349. The van der Waals surface area contributed by atoms with Crippen molar-refractivity contribution in [1.29, 1.82) is 0 Å². The number of thiocarbonyl (C=S) groups is 1. The van der Waals surface area contributed by atoms with E-state index in [-0.39, 0.29) is 22.0 Å². The Hall–Kier alpha value is -3.24. The Balaban J connectivity index is 1.78. The highest BCUT2D eigenvalue weighted by Gasteiger charge is 2.33. The first-order valence-electron chi connectivity index (χ1n) is 7.47. The van der Waals surface area contributed by atoms with Crippen LogP contribution in [0.5, 0.6) is 5.75 Å². The highest BCUT2D eigenvalue weighted by Crippen LogP contribution is 2.32. The zero-order chi connectivity index (χ0) is 19.6. The molecule has 2 aromatic rings. The van der Waals surface area contributed by atoms with E-state index in [4.69, 9.17) is 12.2 Å². The highest BCUT2D eigenvalue weighted by molar-refractivity contribution is 8.19. The summed E-state index contributed by atoms with van der Waals surface area (Å²) in [5.74, 6) is -0.631. The van der Waals surface area contributed by atoms with Gasteiger partial charge in [-0.25, -0.2) is 0 Å². The molecule has 10 heteroatoms. The number of benzene rings is 2. The van der Waals surface area contributed by atoms with E-state index >= 15 is 0 Å². The third-order valence-electron chi connectivity index (χ3n) is 3.49. The minimum absolute atomic E-state index is 0.0233. The molecule has 136 valence electrons. The molecule has 3 rings (SSSR count). The van der Waals surface area contributed by atoms with Gasteiger partial charge in [0, 0.05) is 17.7 Å². The van der Waals surface area contributed by atoms with Gasteiger partial charge in [0.1, 0.15) is 10.7 Å². The van der Waals surface area contributed by atoms with E-state index in [1.807, 2.05) is 0 Å². The van der Waals surface area contributed by atoms with Gasteiger partial charge >= 0.3 is 5.24 Å². The molecule has 0 radical (unpaired) electrons. The largest absolute Gasteiger partial charge is 0.508 e. The summed E-state index contributed by atoms with van der Waals surface area (Å²) in [4.78, 5) is 35.2. The number of phenolic OH excluding ortho intramolecular Hbond substituents is 1. The molecular formula is C17H11N3O5S2. The standard InChI is InChI=1S/C17H11N3O5S2/c21-13-6-1-3-10(7-13)8-14-16(26)19(17(23)27-14)18-15(22)11-4-2-5-12(9-11)20(24)25/h1-9,21H,(H,18,22). The van der Waals surface area contributed by atoms with Crippen LogP contribution in [-0.4, -0.2) is 31.2 Å². The molecule has 2 aromatic carbocycles.